The van der Waals surface area contributed by atoms with E-state index in [1.807, 2.05) is 43.3 Å². The highest BCUT2D eigenvalue weighted by Gasteiger charge is 2.11. The van der Waals surface area contributed by atoms with Crippen molar-refractivity contribution in [1.29, 1.82) is 0 Å². The summed E-state index contributed by atoms with van der Waals surface area (Å²) in [5, 5.41) is 0. The fourth-order valence-corrected chi connectivity index (χ4v) is 3.65. The molecule has 0 amide bonds. The van der Waals surface area contributed by atoms with E-state index in [0.29, 0.717) is 57.2 Å². The summed E-state index contributed by atoms with van der Waals surface area (Å²) in [4.78, 5) is 35.6. The Morgan fingerprint density at radius 3 is 1.61 bits per heavy atom. The van der Waals surface area contributed by atoms with Crippen molar-refractivity contribution in [3.05, 3.63) is 60.7 Å². The van der Waals surface area contributed by atoms with Crippen LogP contribution in [0, 0.1) is 11.8 Å². The zero-order valence-electron chi connectivity index (χ0n) is 24.3. The van der Waals surface area contributed by atoms with Crippen LogP contribution in [-0.2, 0) is 28.5 Å². The molecule has 2 unspecified atom stereocenters. The molecule has 0 radical (unpaired) electrons. The van der Waals surface area contributed by atoms with Crippen molar-refractivity contribution in [3.8, 4) is 11.5 Å². The molecule has 2 atom stereocenters. The minimum absolute atomic E-state index is 0.211. The summed E-state index contributed by atoms with van der Waals surface area (Å²) >= 11 is 0. The van der Waals surface area contributed by atoms with Crippen LogP contribution in [0.3, 0.4) is 0 Å². The monoisotopic (exact) mass is 572 g/mol. The van der Waals surface area contributed by atoms with E-state index in [2.05, 4.69) is 6.92 Å². The Morgan fingerprint density at radius 2 is 1.07 bits per heavy atom. The first kappa shape index (κ1) is 33.6. The number of rotatable bonds is 21. The van der Waals surface area contributed by atoms with Crippen LogP contribution in [0.25, 0.3) is 0 Å². The molecule has 0 spiro atoms. The highest BCUT2D eigenvalue weighted by Crippen LogP contribution is 2.13. The maximum Gasteiger partial charge on any atom is 0.513 e. The van der Waals surface area contributed by atoms with Crippen LogP contribution >= 0.6 is 0 Å². The first-order valence-electron chi connectivity index (χ1n) is 14.4. The number of ether oxygens (including phenoxy) is 6. The van der Waals surface area contributed by atoms with E-state index < -0.39 is 6.16 Å². The summed E-state index contributed by atoms with van der Waals surface area (Å²) in [6.45, 7) is 5.80. The van der Waals surface area contributed by atoms with Crippen molar-refractivity contribution in [1.82, 2.24) is 0 Å². The van der Waals surface area contributed by atoms with Gasteiger partial charge in [-0.2, -0.15) is 0 Å². The van der Waals surface area contributed by atoms with E-state index in [1.54, 1.807) is 24.3 Å². The molecule has 9 heteroatoms. The number of esters is 2. The normalized spacial score (nSPS) is 12.1. The molecule has 0 aliphatic heterocycles. The van der Waals surface area contributed by atoms with Gasteiger partial charge in [0.05, 0.1) is 26.4 Å². The third-order valence-corrected chi connectivity index (χ3v) is 6.34. The van der Waals surface area contributed by atoms with Gasteiger partial charge in [-0.3, -0.25) is 9.59 Å². The number of benzene rings is 2. The number of hydrogen-bond donors (Lipinski definition) is 0. The molecule has 0 heterocycles. The zero-order valence-corrected chi connectivity index (χ0v) is 24.3. The number of carbonyl (C=O) groups is 3. The SMILES string of the molecule is CC(CCOCOc1ccccc1)CCOC(=O)CCCCC(=O)OCCC(C)CCOC(=O)Oc1ccccc1. The van der Waals surface area contributed by atoms with Crippen LogP contribution in [0.5, 0.6) is 11.5 Å². The fourth-order valence-electron chi connectivity index (χ4n) is 3.65. The van der Waals surface area contributed by atoms with Crippen molar-refractivity contribution < 1.29 is 42.8 Å². The average Bonchev–Trinajstić information content (AvgIpc) is 2.96. The van der Waals surface area contributed by atoms with Gasteiger partial charge in [-0.25, -0.2) is 4.79 Å². The maximum absolute atomic E-state index is 12.0. The molecule has 0 bridgehead atoms. The molecular weight excluding hydrogens is 528 g/mol. The first-order valence-corrected chi connectivity index (χ1v) is 14.4. The van der Waals surface area contributed by atoms with Gasteiger partial charge >= 0.3 is 18.1 Å². The van der Waals surface area contributed by atoms with E-state index >= 15 is 0 Å². The lowest BCUT2D eigenvalue weighted by molar-refractivity contribution is -0.146. The van der Waals surface area contributed by atoms with Gasteiger partial charge in [-0.1, -0.05) is 50.2 Å². The maximum atomic E-state index is 12.0. The van der Waals surface area contributed by atoms with E-state index in [0.717, 1.165) is 18.6 Å². The molecule has 2 aromatic rings. The molecule has 41 heavy (non-hydrogen) atoms. The van der Waals surface area contributed by atoms with Gasteiger partial charge in [0.15, 0.2) is 6.79 Å². The largest absolute Gasteiger partial charge is 0.513 e. The van der Waals surface area contributed by atoms with Crippen molar-refractivity contribution in [2.45, 2.75) is 65.2 Å². The quantitative estimate of drug-likeness (QED) is 0.0529. The van der Waals surface area contributed by atoms with E-state index in [-0.39, 0.29) is 44.1 Å². The fraction of sp³-hybridized carbons (Fsp3) is 0.531. The highest BCUT2D eigenvalue weighted by molar-refractivity contribution is 5.70. The Kier molecular flexibility index (Phi) is 17.4. The Hall–Kier alpha value is -3.59. The molecular formula is C32H44O9. The van der Waals surface area contributed by atoms with Gasteiger partial charge in [-0.05, 0) is 74.6 Å². The van der Waals surface area contributed by atoms with Crippen molar-refractivity contribution in [2.24, 2.45) is 11.8 Å². The summed E-state index contributed by atoms with van der Waals surface area (Å²) in [6, 6.07) is 18.2. The van der Waals surface area contributed by atoms with Gasteiger partial charge in [0.1, 0.15) is 11.5 Å². The lowest BCUT2D eigenvalue weighted by Gasteiger charge is -2.13. The summed E-state index contributed by atoms with van der Waals surface area (Å²) in [7, 11) is 0. The number of para-hydroxylation sites is 2. The second-order valence-corrected chi connectivity index (χ2v) is 10.0. The molecule has 2 rings (SSSR count). The molecule has 0 aliphatic rings. The van der Waals surface area contributed by atoms with Crippen molar-refractivity contribution >= 4 is 18.1 Å². The van der Waals surface area contributed by atoms with Crippen LogP contribution < -0.4 is 9.47 Å². The van der Waals surface area contributed by atoms with Gasteiger partial charge in [0.2, 0.25) is 0 Å². The summed E-state index contributed by atoms with van der Waals surface area (Å²) in [5.74, 6) is 1.26. The predicted octanol–water partition coefficient (Wildman–Crippen LogP) is 6.73. The summed E-state index contributed by atoms with van der Waals surface area (Å²) in [5.41, 5.74) is 0. The van der Waals surface area contributed by atoms with Crippen LogP contribution in [-0.4, -0.2) is 51.3 Å². The Balaban J connectivity index is 1.37. The van der Waals surface area contributed by atoms with Crippen molar-refractivity contribution in [2.75, 3.05) is 33.2 Å². The van der Waals surface area contributed by atoms with Gasteiger partial charge in [0.25, 0.3) is 0 Å². The molecule has 0 fully saturated rings. The van der Waals surface area contributed by atoms with Gasteiger partial charge < -0.3 is 28.4 Å². The lowest BCUT2D eigenvalue weighted by atomic mass is 10.1. The van der Waals surface area contributed by atoms with Gasteiger partial charge in [0, 0.05) is 12.8 Å². The molecule has 0 N–H and O–H groups in total. The van der Waals surface area contributed by atoms with E-state index in [1.165, 1.54) is 0 Å². The predicted molar refractivity (Wildman–Crippen MR) is 153 cm³/mol. The second-order valence-electron chi connectivity index (χ2n) is 10.0. The van der Waals surface area contributed by atoms with Crippen molar-refractivity contribution in [3.63, 3.8) is 0 Å². The Bertz CT molecular complexity index is 981. The topological polar surface area (TPSA) is 107 Å². The Morgan fingerprint density at radius 1 is 0.610 bits per heavy atom. The molecule has 0 aromatic heterocycles. The molecule has 226 valence electrons. The van der Waals surface area contributed by atoms with Gasteiger partial charge in [-0.15, -0.1) is 0 Å². The first-order chi connectivity index (χ1) is 19.9. The number of unbranched alkanes of at least 4 members (excludes halogenated alkanes) is 1. The zero-order chi connectivity index (χ0) is 29.5. The summed E-state index contributed by atoms with van der Waals surface area (Å²) < 4.78 is 31.7. The molecule has 0 saturated heterocycles. The molecule has 9 nitrogen and oxygen atoms in total. The Labute approximate surface area is 243 Å². The lowest BCUT2D eigenvalue weighted by Crippen LogP contribution is -2.14. The van der Waals surface area contributed by atoms with Crippen LogP contribution in [0.1, 0.15) is 65.2 Å². The minimum Gasteiger partial charge on any atom is -0.468 e. The average molecular weight is 573 g/mol. The van der Waals surface area contributed by atoms with E-state index in [9.17, 15) is 14.4 Å². The van der Waals surface area contributed by atoms with Crippen LogP contribution in [0.2, 0.25) is 0 Å². The van der Waals surface area contributed by atoms with Crippen LogP contribution in [0.4, 0.5) is 4.79 Å². The molecule has 0 saturated carbocycles. The number of carbonyl (C=O) groups excluding carboxylic acids is 3. The molecule has 2 aromatic carbocycles. The standard InChI is InChI=1S/C32H44O9/c1-26(17-21-36-25-40-28-11-5-3-6-12-28)18-22-37-30(33)15-9-10-16-31(34)38-23-19-27(2)20-24-39-32(35)41-29-13-7-4-8-14-29/h3-8,11-14,26-27H,9-10,15-25H2,1-2H3. The number of hydrogen-bond acceptors (Lipinski definition) is 9. The smallest absolute Gasteiger partial charge is 0.468 e. The highest BCUT2D eigenvalue weighted by atomic mass is 16.7. The van der Waals surface area contributed by atoms with Crippen LogP contribution in [0.15, 0.2) is 60.7 Å². The third kappa shape index (κ3) is 17.7. The third-order valence-electron chi connectivity index (χ3n) is 6.34. The molecule has 0 aliphatic carbocycles. The second kappa shape index (κ2) is 21.2. The minimum atomic E-state index is -0.736. The summed E-state index contributed by atoms with van der Waals surface area (Å²) in [6.07, 6.45) is 3.88. The van der Waals surface area contributed by atoms with E-state index in [4.69, 9.17) is 28.4 Å².